The Balaban J connectivity index is 1.51. The lowest BCUT2D eigenvalue weighted by Crippen LogP contribution is -2.47. The van der Waals surface area contributed by atoms with Crippen molar-refractivity contribution in [2.45, 2.75) is 38.3 Å². The molecule has 1 atom stereocenters. The van der Waals surface area contributed by atoms with Crippen LogP contribution in [-0.2, 0) is 0 Å². The Bertz CT molecular complexity index is 718. The summed E-state index contributed by atoms with van der Waals surface area (Å²) < 4.78 is 19.4. The van der Waals surface area contributed by atoms with Crippen LogP contribution < -0.4 is 10.1 Å². The zero-order valence-electron chi connectivity index (χ0n) is 14.9. The first-order valence-corrected chi connectivity index (χ1v) is 9.04. The number of para-hydroxylation sites is 1. The second-order valence-electron chi connectivity index (χ2n) is 6.43. The van der Waals surface area contributed by atoms with Gasteiger partial charge in [0, 0.05) is 38.3 Å². The smallest absolute Gasteiger partial charge is 0.317 e. The molecule has 1 N–H and O–H groups in total. The van der Waals surface area contributed by atoms with Gasteiger partial charge in [-0.3, -0.25) is 4.98 Å². The second kappa shape index (κ2) is 8.65. The maximum absolute atomic E-state index is 13.7. The number of ether oxygens (including phenoxy) is 1. The summed E-state index contributed by atoms with van der Waals surface area (Å²) in [5, 5.41) is 3.07. The number of halogens is 1. The number of aromatic nitrogens is 1. The molecule has 1 aromatic carbocycles. The van der Waals surface area contributed by atoms with Crippen LogP contribution in [0.25, 0.3) is 0 Å². The lowest BCUT2D eigenvalue weighted by molar-refractivity contribution is 0.106. The van der Waals surface area contributed by atoms with Gasteiger partial charge >= 0.3 is 6.03 Å². The predicted octanol–water partition coefficient (Wildman–Crippen LogP) is 3.92. The molecule has 0 unspecified atom stereocenters. The Hall–Kier alpha value is -2.63. The fourth-order valence-corrected chi connectivity index (χ4v) is 3.14. The third kappa shape index (κ3) is 4.50. The summed E-state index contributed by atoms with van der Waals surface area (Å²) in [5.41, 5.74) is 1.00. The van der Waals surface area contributed by atoms with E-state index in [9.17, 15) is 9.18 Å². The standard InChI is InChI=1S/C20H24FN3O2/c1-2-18(15-6-5-11-22-14-15)23-20(25)24-12-9-16(10-13-24)26-19-8-4-3-7-17(19)21/h3-8,11,14,16,18H,2,9-10,12-13H2,1H3,(H,23,25)/t18-/m1/s1. The molecule has 2 aromatic rings. The molecule has 0 radical (unpaired) electrons. The highest BCUT2D eigenvalue weighted by Crippen LogP contribution is 2.22. The fraction of sp³-hybridized carbons (Fsp3) is 0.400. The van der Waals surface area contributed by atoms with E-state index in [0.29, 0.717) is 25.9 Å². The van der Waals surface area contributed by atoms with E-state index in [1.165, 1.54) is 6.07 Å². The number of nitrogens with one attached hydrogen (secondary N) is 1. The first-order chi connectivity index (χ1) is 12.7. The third-order valence-electron chi connectivity index (χ3n) is 4.65. The van der Waals surface area contributed by atoms with E-state index >= 15 is 0 Å². The number of pyridine rings is 1. The fourth-order valence-electron chi connectivity index (χ4n) is 3.14. The van der Waals surface area contributed by atoms with Crippen LogP contribution in [0.15, 0.2) is 48.8 Å². The second-order valence-corrected chi connectivity index (χ2v) is 6.43. The van der Waals surface area contributed by atoms with Crippen molar-refractivity contribution in [3.8, 4) is 5.75 Å². The quantitative estimate of drug-likeness (QED) is 0.882. The van der Waals surface area contributed by atoms with Gasteiger partial charge in [0.05, 0.1) is 6.04 Å². The van der Waals surface area contributed by atoms with Crippen LogP contribution in [0.5, 0.6) is 5.75 Å². The van der Waals surface area contributed by atoms with Gasteiger partial charge in [-0.25, -0.2) is 9.18 Å². The van der Waals surface area contributed by atoms with Crippen LogP contribution in [0.4, 0.5) is 9.18 Å². The van der Waals surface area contributed by atoms with E-state index in [4.69, 9.17) is 4.74 Å². The largest absolute Gasteiger partial charge is 0.487 e. The Morgan fingerprint density at radius 3 is 2.73 bits per heavy atom. The summed E-state index contributed by atoms with van der Waals surface area (Å²) in [5.74, 6) is -0.0760. The number of nitrogens with zero attached hydrogens (tertiary/aromatic N) is 2. The van der Waals surface area contributed by atoms with Gasteiger partial charge < -0.3 is 15.0 Å². The van der Waals surface area contributed by atoms with Crippen LogP contribution >= 0.6 is 0 Å². The molecule has 5 nitrogen and oxygen atoms in total. The predicted molar refractivity (Wildman–Crippen MR) is 97.4 cm³/mol. The van der Waals surface area contributed by atoms with Gasteiger partial charge in [-0.2, -0.15) is 0 Å². The van der Waals surface area contributed by atoms with Crippen molar-refractivity contribution in [1.29, 1.82) is 0 Å². The summed E-state index contributed by atoms with van der Waals surface area (Å²) in [6, 6.07) is 10.1. The normalized spacial score (nSPS) is 16.2. The molecule has 3 rings (SSSR count). The van der Waals surface area contributed by atoms with Crippen molar-refractivity contribution in [3.05, 3.63) is 60.2 Å². The maximum atomic E-state index is 13.7. The summed E-state index contributed by atoms with van der Waals surface area (Å²) in [6.07, 6.45) is 5.60. The van der Waals surface area contributed by atoms with E-state index in [1.807, 2.05) is 19.1 Å². The van der Waals surface area contributed by atoms with E-state index in [2.05, 4.69) is 10.3 Å². The van der Waals surface area contributed by atoms with Crippen LogP contribution in [0.3, 0.4) is 0 Å². The number of rotatable bonds is 5. The molecule has 1 saturated heterocycles. The number of amides is 2. The zero-order valence-corrected chi connectivity index (χ0v) is 14.9. The summed E-state index contributed by atoms with van der Waals surface area (Å²) in [4.78, 5) is 18.5. The summed E-state index contributed by atoms with van der Waals surface area (Å²) >= 11 is 0. The van der Waals surface area contributed by atoms with Crippen molar-refractivity contribution < 1.29 is 13.9 Å². The van der Waals surface area contributed by atoms with Crippen LogP contribution in [0.2, 0.25) is 0 Å². The number of piperidine rings is 1. The number of benzene rings is 1. The Kier molecular flexibility index (Phi) is 6.04. The van der Waals surface area contributed by atoms with Crippen LogP contribution in [0.1, 0.15) is 37.8 Å². The van der Waals surface area contributed by atoms with Gasteiger partial charge in [-0.1, -0.05) is 25.1 Å². The minimum Gasteiger partial charge on any atom is -0.487 e. The molecule has 1 aliphatic rings. The van der Waals surface area contributed by atoms with Gasteiger partial charge in [0.25, 0.3) is 0 Å². The van der Waals surface area contributed by atoms with Crippen LogP contribution in [0, 0.1) is 5.82 Å². The third-order valence-corrected chi connectivity index (χ3v) is 4.65. The van der Waals surface area contributed by atoms with Gasteiger partial charge in [0.1, 0.15) is 6.10 Å². The number of carbonyl (C=O) groups is 1. The molecule has 1 aliphatic heterocycles. The molecule has 26 heavy (non-hydrogen) atoms. The lowest BCUT2D eigenvalue weighted by Gasteiger charge is -2.33. The molecule has 1 aromatic heterocycles. The minimum atomic E-state index is -0.352. The molecule has 138 valence electrons. The van der Waals surface area contributed by atoms with Gasteiger partial charge in [0.15, 0.2) is 11.6 Å². The van der Waals surface area contributed by atoms with E-state index in [1.54, 1.807) is 35.5 Å². The minimum absolute atomic E-state index is 0.0522. The van der Waals surface area contributed by atoms with Crippen molar-refractivity contribution in [1.82, 2.24) is 15.2 Å². The molecule has 6 heteroatoms. The monoisotopic (exact) mass is 357 g/mol. The highest BCUT2D eigenvalue weighted by atomic mass is 19.1. The zero-order chi connectivity index (χ0) is 18.4. The van der Waals surface area contributed by atoms with Crippen molar-refractivity contribution in [2.24, 2.45) is 0 Å². The van der Waals surface area contributed by atoms with Gasteiger partial charge in [0.2, 0.25) is 0 Å². The summed E-state index contributed by atoms with van der Waals surface area (Å²) in [7, 11) is 0. The van der Waals surface area contributed by atoms with E-state index in [-0.39, 0.29) is 29.7 Å². The maximum Gasteiger partial charge on any atom is 0.317 e. The molecule has 2 amide bonds. The first-order valence-electron chi connectivity index (χ1n) is 9.04. The Morgan fingerprint density at radius 2 is 2.08 bits per heavy atom. The molecule has 1 fully saturated rings. The molecular formula is C20H24FN3O2. The SMILES string of the molecule is CC[C@@H](NC(=O)N1CCC(Oc2ccccc2F)CC1)c1cccnc1. The number of hydrogen-bond donors (Lipinski definition) is 1. The van der Waals surface area contributed by atoms with Crippen molar-refractivity contribution in [3.63, 3.8) is 0 Å². The number of likely N-dealkylation sites (tertiary alicyclic amines) is 1. The average Bonchev–Trinajstić information content (AvgIpc) is 2.69. The average molecular weight is 357 g/mol. The number of carbonyl (C=O) groups excluding carboxylic acids is 1. The highest BCUT2D eigenvalue weighted by Gasteiger charge is 2.26. The highest BCUT2D eigenvalue weighted by molar-refractivity contribution is 5.74. The van der Waals surface area contributed by atoms with Crippen LogP contribution in [-0.4, -0.2) is 35.1 Å². The molecule has 0 spiro atoms. The van der Waals surface area contributed by atoms with Crippen molar-refractivity contribution in [2.75, 3.05) is 13.1 Å². The Morgan fingerprint density at radius 1 is 1.31 bits per heavy atom. The van der Waals surface area contributed by atoms with Crippen molar-refractivity contribution >= 4 is 6.03 Å². The summed E-state index contributed by atoms with van der Waals surface area (Å²) in [6.45, 7) is 3.22. The van der Waals surface area contributed by atoms with Gasteiger partial charge in [-0.05, 0) is 30.2 Å². The van der Waals surface area contributed by atoms with Gasteiger partial charge in [-0.15, -0.1) is 0 Å². The molecule has 0 aliphatic carbocycles. The molecular weight excluding hydrogens is 333 g/mol. The Labute approximate surface area is 153 Å². The molecule has 2 heterocycles. The number of urea groups is 1. The van der Waals surface area contributed by atoms with E-state index < -0.39 is 0 Å². The molecule has 0 bridgehead atoms. The van der Waals surface area contributed by atoms with E-state index in [0.717, 1.165) is 12.0 Å². The molecule has 0 saturated carbocycles. The number of hydrogen-bond acceptors (Lipinski definition) is 3. The lowest BCUT2D eigenvalue weighted by atomic mass is 10.1. The first kappa shape index (κ1) is 18.2. The topological polar surface area (TPSA) is 54.5 Å².